The molecule has 1 N–H and O–H groups in total. The van der Waals surface area contributed by atoms with E-state index in [9.17, 15) is 14.7 Å². The van der Waals surface area contributed by atoms with Gasteiger partial charge in [0.2, 0.25) is 0 Å². The first-order valence-electron chi connectivity index (χ1n) is 11.7. The Labute approximate surface area is 209 Å². The van der Waals surface area contributed by atoms with Gasteiger partial charge in [0.25, 0.3) is 11.7 Å². The first-order chi connectivity index (χ1) is 16.9. The minimum Gasteiger partial charge on any atom is -0.507 e. The summed E-state index contributed by atoms with van der Waals surface area (Å²) in [5.74, 6) is -1.03. The predicted octanol–water partition coefficient (Wildman–Crippen LogP) is 6.16. The molecule has 5 nitrogen and oxygen atoms in total. The average Bonchev–Trinajstić information content (AvgIpc) is 3.15. The third kappa shape index (κ3) is 4.10. The highest BCUT2D eigenvalue weighted by atomic mass is 35.5. The second-order valence-electron chi connectivity index (χ2n) is 9.07. The number of carbonyl (C=O) groups excluding carboxylic acids is 2. The number of hydrogen-bond acceptors (Lipinski definition) is 4. The first-order valence-corrected chi connectivity index (χ1v) is 12.1. The fourth-order valence-corrected chi connectivity index (χ4v) is 5.17. The molecule has 0 bridgehead atoms. The summed E-state index contributed by atoms with van der Waals surface area (Å²) in [6.07, 6.45) is 4.20. The monoisotopic (exact) mass is 487 g/mol. The molecule has 0 radical (unpaired) electrons. The molecule has 0 aromatic heterocycles. The quantitative estimate of drug-likeness (QED) is 0.272. The zero-order chi connectivity index (χ0) is 24.7. The van der Waals surface area contributed by atoms with Gasteiger partial charge in [-0.15, -0.1) is 0 Å². The van der Waals surface area contributed by atoms with Crippen molar-refractivity contribution in [1.29, 1.82) is 0 Å². The highest BCUT2D eigenvalue weighted by Gasteiger charge is 2.47. The minimum absolute atomic E-state index is 0.0516. The van der Waals surface area contributed by atoms with Crippen molar-refractivity contribution in [3.63, 3.8) is 0 Å². The molecule has 1 aliphatic carbocycles. The first kappa shape index (κ1) is 23.2. The molecule has 178 valence electrons. The number of benzene rings is 3. The number of amides is 1. The fraction of sp³-hybridized carbons (Fsp3) is 0.241. The third-order valence-corrected chi connectivity index (χ3v) is 7.32. The summed E-state index contributed by atoms with van der Waals surface area (Å²) >= 11 is 6.38. The number of ether oxygens (including phenoxy) is 1. The number of ketones is 1. The van der Waals surface area contributed by atoms with E-state index in [0.717, 1.165) is 31.2 Å². The molecule has 1 aliphatic heterocycles. The van der Waals surface area contributed by atoms with Gasteiger partial charge in [0.15, 0.2) is 0 Å². The lowest BCUT2D eigenvalue weighted by molar-refractivity contribution is -0.132. The van der Waals surface area contributed by atoms with Gasteiger partial charge in [-0.1, -0.05) is 41.9 Å². The van der Waals surface area contributed by atoms with E-state index in [1.807, 2.05) is 37.3 Å². The maximum absolute atomic E-state index is 13.4. The maximum Gasteiger partial charge on any atom is 0.300 e. The number of aliphatic hydroxyl groups is 1. The number of halogens is 1. The van der Waals surface area contributed by atoms with Crippen molar-refractivity contribution in [1.82, 2.24) is 0 Å². The van der Waals surface area contributed by atoms with Crippen LogP contribution in [0.5, 0.6) is 5.75 Å². The Bertz CT molecular complexity index is 1380. The molecule has 3 aromatic carbocycles. The van der Waals surface area contributed by atoms with Gasteiger partial charge in [0.1, 0.15) is 11.5 Å². The summed E-state index contributed by atoms with van der Waals surface area (Å²) in [7, 11) is 1.56. The van der Waals surface area contributed by atoms with Crippen molar-refractivity contribution >= 4 is 34.7 Å². The van der Waals surface area contributed by atoms with Gasteiger partial charge < -0.3 is 9.84 Å². The molecular formula is C29H26ClNO4. The van der Waals surface area contributed by atoms with Crippen molar-refractivity contribution in [2.45, 2.75) is 38.6 Å². The van der Waals surface area contributed by atoms with Crippen molar-refractivity contribution < 1.29 is 19.4 Å². The van der Waals surface area contributed by atoms with Gasteiger partial charge in [-0.2, -0.15) is 0 Å². The summed E-state index contributed by atoms with van der Waals surface area (Å²) in [5.41, 5.74) is 5.04. The van der Waals surface area contributed by atoms with Crippen LogP contribution in [-0.2, 0) is 22.4 Å². The lowest BCUT2D eigenvalue weighted by Crippen LogP contribution is -2.29. The van der Waals surface area contributed by atoms with Crippen molar-refractivity contribution in [2.24, 2.45) is 0 Å². The maximum atomic E-state index is 13.4. The van der Waals surface area contributed by atoms with E-state index in [2.05, 4.69) is 0 Å². The molecule has 1 heterocycles. The van der Waals surface area contributed by atoms with E-state index >= 15 is 0 Å². The fourth-order valence-electron chi connectivity index (χ4n) is 4.99. The van der Waals surface area contributed by atoms with Gasteiger partial charge in [-0.3, -0.25) is 14.5 Å². The second kappa shape index (κ2) is 9.23. The Balaban J connectivity index is 1.71. The Kier molecular flexibility index (Phi) is 6.12. The number of fused-ring (bicyclic) bond motifs is 1. The number of aliphatic hydroxyl groups excluding tert-OH is 1. The Hall–Kier alpha value is -3.57. The standard InChI is InChI=1S/C29H26ClNO4/c1-17-10-13-22(16-24(17)30)31-26(20-8-5-9-23(15-20)35-2)25(28(33)29(31)34)27(32)21-12-11-18-6-3-4-7-19(18)14-21/h5,8-16,26,32H,3-4,6-7H2,1-2H3/b27-25-. The largest absolute Gasteiger partial charge is 0.507 e. The predicted molar refractivity (Wildman–Crippen MR) is 137 cm³/mol. The molecule has 1 fully saturated rings. The molecule has 35 heavy (non-hydrogen) atoms. The SMILES string of the molecule is COc1cccc(C2/C(=C(/O)c3ccc4c(c3)CCCC4)C(=O)C(=O)N2c2ccc(C)c(Cl)c2)c1. The lowest BCUT2D eigenvalue weighted by atomic mass is 9.88. The van der Waals surface area contributed by atoms with Crippen LogP contribution in [0, 0.1) is 6.92 Å². The molecule has 1 unspecified atom stereocenters. The smallest absolute Gasteiger partial charge is 0.300 e. The Morgan fingerprint density at radius 1 is 1.00 bits per heavy atom. The molecule has 1 amide bonds. The second-order valence-corrected chi connectivity index (χ2v) is 9.48. The van der Waals surface area contributed by atoms with Gasteiger partial charge in [-0.05, 0) is 85.2 Å². The van der Waals surface area contributed by atoms with E-state index in [4.69, 9.17) is 16.3 Å². The van der Waals surface area contributed by atoms with Crippen LogP contribution in [0.25, 0.3) is 5.76 Å². The molecule has 0 saturated carbocycles. The lowest BCUT2D eigenvalue weighted by Gasteiger charge is -2.26. The number of methoxy groups -OCH3 is 1. The van der Waals surface area contributed by atoms with Crippen LogP contribution in [0.3, 0.4) is 0 Å². The number of hydrogen-bond donors (Lipinski definition) is 1. The highest BCUT2D eigenvalue weighted by molar-refractivity contribution is 6.51. The third-order valence-electron chi connectivity index (χ3n) is 6.91. The van der Waals surface area contributed by atoms with Gasteiger partial charge in [0, 0.05) is 16.3 Å². The number of carbonyl (C=O) groups is 2. The van der Waals surface area contributed by atoms with E-state index < -0.39 is 17.7 Å². The molecule has 2 aliphatic rings. The van der Waals surface area contributed by atoms with Crippen LogP contribution >= 0.6 is 11.6 Å². The normalized spacial score (nSPS) is 19.1. The van der Waals surface area contributed by atoms with E-state index in [1.165, 1.54) is 16.0 Å². The summed E-state index contributed by atoms with van der Waals surface area (Å²) in [6, 6.07) is 17.4. The number of aryl methyl sites for hydroxylation is 3. The van der Waals surface area contributed by atoms with E-state index in [-0.39, 0.29) is 11.3 Å². The van der Waals surface area contributed by atoms with Crippen LogP contribution in [0.15, 0.2) is 66.2 Å². The molecular weight excluding hydrogens is 462 g/mol. The molecule has 3 aromatic rings. The number of nitrogens with zero attached hydrogens (tertiary/aromatic N) is 1. The number of rotatable bonds is 4. The average molecular weight is 488 g/mol. The Morgan fingerprint density at radius 3 is 2.51 bits per heavy atom. The zero-order valence-electron chi connectivity index (χ0n) is 19.7. The minimum atomic E-state index is -0.833. The number of Topliss-reactive ketones (excluding diaryl/α,β-unsaturated/α-hetero) is 1. The van der Waals surface area contributed by atoms with Crippen molar-refractivity contribution in [3.05, 3.63) is 99.1 Å². The van der Waals surface area contributed by atoms with Gasteiger partial charge in [0.05, 0.1) is 18.7 Å². The van der Waals surface area contributed by atoms with Crippen molar-refractivity contribution in [2.75, 3.05) is 12.0 Å². The topological polar surface area (TPSA) is 66.8 Å². The van der Waals surface area contributed by atoms with Crippen LogP contribution < -0.4 is 9.64 Å². The van der Waals surface area contributed by atoms with E-state index in [1.54, 1.807) is 37.4 Å². The van der Waals surface area contributed by atoms with Crippen LogP contribution in [0.2, 0.25) is 5.02 Å². The highest BCUT2D eigenvalue weighted by Crippen LogP contribution is 2.43. The molecule has 5 rings (SSSR count). The van der Waals surface area contributed by atoms with Crippen LogP contribution in [0.4, 0.5) is 5.69 Å². The van der Waals surface area contributed by atoms with Crippen LogP contribution in [0.1, 0.15) is 46.7 Å². The molecule has 1 saturated heterocycles. The Morgan fingerprint density at radius 2 is 1.77 bits per heavy atom. The van der Waals surface area contributed by atoms with Crippen LogP contribution in [-0.4, -0.2) is 23.9 Å². The molecule has 0 spiro atoms. The van der Waals surface area contributed by atoms with Crippen molar-refractivity contribution in [3.8, 4) is 5.75 Å². The van der Waals surface area contributed by atoms with Gasteiger partial charge >= 0.3 is 0 Å². The zero-order valence-corrected chi connectivity index (χ0v) is 20.4. The molecule has 1 atom stereocenters. The van der Waals surface area contributed by atoms with Gasteiger partial charge in [-0.25, -0.2) is 0 Å². The summed E-state index contributed by atoms with van der Waals surface area (Å²) < 4.78 is 5.40. The summed E-state index contributed by atoms with van der Waals surface area (Å²) in [6.45, 7) is 1.87. The summed E-state index contributed by atoms with van der Waals surface area (Å²) in [4.78, 5) is 28.2. The van der Waals surface area contributed by atoms with E-state index in [0.29, 0.717) is 27.6 Å². The number of anilines is 1. The summed E-state index contributed by atoms with van der Waals surface area (Å²) in [5, 5.41) is 11.9. The molecule has 6 heteroatoms.